The van der Waals surface area contributed by atoms with Gasteiger partial charge in [-0.25, -0.2) is 12.8 Å². The zero-order valence-electron chi connectivity index (χ0n) is 18.2. The van der Waals surface area contributed by atoms with Crippen molar-refractivity contribution in [3.8, 4) is 0 Å². The summed E-state index contributed by atoms with van der Waals surface area (Å²) in [6, 6.07) is 22.6. The van der Waals surface area contributed by atoms with E-state index in [9.17, 15) is 17.6 Å². The van der Waals surface area contributed by atoms with Crippen molar-refractivity contribution in [1.82, 2.24) is 5.32 Å². The number of rotatable bonds is 9. The van der Waals surface area contributed by atoms with Crippen LogP contribution in [0.5, 0.6) is 0 Å². The number of benzene rings is 3. The van der Waals surface area contributed by atoms with E-state index in [0.29, 0.717) is 12.1 Å². The molecule has 0 saturated carbocycles. The molecule has 0 aliphatic rings. The summed E-state index contributed by atoms with van der Waals surface area (Å²) in [5, 5.41) is 3.09. The number of nitrogens with one attached hydrogen (secondary N) is 1. The monoisotopic (exact) mass is 454 g/mol. The molecule has 3 rings (SSSR count). The second kappa shape index (κ2) is 10.4. The van der Waals surface area contributed by atoms with Crippen molar-refractivity contribution < 1.29 is 17.6 Å². The molecule has 0 fully saturated rings. The molecule has 3 aromatic carbocycles. The first kappa shape index (κ1) is 23.5. The number of nitrogens with zero attached hydrogens (tertiary/aromatic N) is 1. The SMILES string of the molecule is Cc1ccccc1C(NC(=O)CCCN(c1ccc(F)cc1)S(C)(=O)=O)c1ccccc1. The van der Waals surface area contributed by atoms with Crippen LogP contribution in [0.1, 0.15) is 35.6 Å². The van der Waals surface area contributed by atoms with Gasteiger partial charge in [0.15, 0.2) is 0 Å². The van der Waals surface area contributed by atoms with Crippen molar-refractivity contribution in [2.45, 2.75) is 25.8 Å². The van der Waals surface area contributed by atoms with Crippen molar-refractivity contribution in [1.29, 1.82) is 0 Å². The number of hydrogen-bond acceptors (Lipinski definition) is 3. The zero-order valence-corrected chi connectivity index (χ0v) is 19.0. The fourth-order valence-corrected chi connectivity index (χ4v) is 4.57. The molecule has 7 heteroatoms. The molecule has 1 atom stereocenters. The van der Waals surface area contributed by atoms with E-state index in [0.717, 1.165) is 22.9 Å². The predicted molar refractivity (Wildman–Crippen MR) is 125 cm³/mol. The van der Waals surface area contributed by atoms with Gasteiger partial charge < -0.3 is 5.32 Å². The van der Waals surface area contributed by atoms with E-state index in [1.165, 1.54) is 28.6 Å². The molecule has 1 amide bonds. The van der Waals surface area contributed by atoms with Crippen LogP contribution >= 0.6 is 0 Å². The Morgan fingerprint density at radius 1 is 0.969 bits per heavy atom. The van der Waals surface area contributed by atoms with Crippen LogP contribution < -0.4 is 9.62 Å². The first-order valence-electron chi connectivity index (χ1n) is 10.4. The molecule has 32 heavy (non-hydrogen) atoms. The van der Waals surface area contributed by atoms with Gasteiger partial charge in [-0.3, -0.25) is 9.10 Å². The molecule has 0 heterocycles. The number of hydrogen-bond donors (Lipinski definition) is 1. The number of aryl methyl sites for hydroxylation is 1. The Balaban J connectivity index is 1.70. The molecule has 0 aromatic heterocycles. The average Bonchev–Trinajstić information content (AvgIpc) is 2.76. The summed E-state index contributed by atoms with van der Waals surface area (Å²) in [6.45, 7) is 2.13. The van der Waals surface area contributed by atoms with Crippen LogP contribution in [0, 0.1) is 12.7 Å². The number of carbonyl (C=O) groups is 1. The van der Waals surface area contributed by atoms with Crippen molar-refractivity contribution in [2.24, 2.45) is 0 Å². The van der Waals surface area contributed by atoms with Crippen LogP contribution in [0.25, 0.3) is 0 Å². The van der Waals surface area contributed by atoms with Crippen LogP contribution in [0.3, 0.4) is 0 Å². The van der Waals surface area contributed by atoms with Crippen molar-refractivity contribution in [2.75, 3.05) is 17.1 Å². The standard InChI is InChI=1S/C25H27FN2O3S/c1-19-9-6-7-12-23(19)25(20-10-4-3-5-11-20)27-24(29)13-8-18-28(32(2,30)31)22-16-14-21(26)15-17-22/h3-7,9-12,14-17,25H,8,13,18H2,1-2H3,(H,27,29). The molecule has 0 saturated heterocycles. The Labute approximate surface area is 188 Å². The summed E-state index contributed by atoms with van der Waals surface area (Å²) in [5.41, 5.74) is 3.42. The van der Waals surface area contributed by atoms with Crippen molar-refractivity contribution in [3.63, 3.8) is 0 Å². The summed E-state index contributed by atoms with van der Waals surface area (Å²) in [5.74, 6) is -0.612. The van der Waals surface area contributed by atoms with E-state index in [-0.39, 0.29) is 24.9 Å². The summed E-state index contributed by atoms with van der Waals surface area (Å²) >= 11 is 0. The summed E-state index contributed by atoms with van der Waals surface area (Å²) < 4.78 is 38.8. The van der Waals surface area contributed by atoms with Gasteiger partial charge in [0.05, 0.1) is 18.0 Å². The lowest BCUT2D eigenvalue weighted by Gasteiger charge is -2.24. The minimum Gasteiger partial charge on any atom is -0.345 e. The second-order valence-electron chi connectivity index (χ2n) is 7.68. The summed E-state index contributed by atoms with van der Waals surface area (Å²) in [6.07, 6.45) is 1.58. The third-order valence-corrected chi connectivity index (χ3v) is 6.41. The molecular weight excluding hydrogens is 427 g/mol. The molecule has 3 aromatic rings. The van der Waals surface area contributed by atoms with Crippen LogP contribution in [-0.2, 0) is 14.8 Å². The fraction of sp³-hybridized carbons (Fsp3) is 0.240. The molecular formula is C25H27FN2O3S. The van der Waals surface area contributed by atoms with Crippen LogP contribution in [-0.4, -0.2) is 27.1 Å². The van der Waals surface area contributed by atoms with E-state index in [1.54, 1.807) is 0 Å². The van der Waals surface area contributed by atoms with Crippen LogP contribution in [0.2, 0.25) is 0 Å². The van der Waals surface area contributed by atoms with Gasteiger partial charge in [-0.05, 0) is 54.3 Å². The minimum atomic E-state index is -3.56. The molecule has 0 aliphatic heterocycles. The van der Waals surface area contributed by atoms with Gasteiger partial charge in [0, 0.05) is 13.0 Å². The highest BCUT2D eigenvalue weighted by atomic mass is 32.2. The zero-order chi connectivity index (χ0) is 23.1. The third kappa shape index (κ3) is 6.17. The summed E-state index contributed by atoms with van der Waals surface area (Å²) in [4.78, 5) is 12.8. The molecule has 1 N–H and O–H groups in total. The predicted octanol–water partition coefficient (Wildman–Crippen LogP) is 4.59. The first-order valence-corrected chi connectivity index (χ1v) is 12.2. The van der Waals surface area contributed by atoms with Gasteiger partial charge >= 0.3 is 0 Å². The lowest BCUT2D eigenvalue weighted by molar-refractivity contribution is -0.121. The van der Waals surface area contributed by atoms with E-state index in [2.05, 4.69) is 5.32 Å². The molecule has 1 unspecified atom stereocenters. The van der Waals surface area contributed by atoms with Gasteiger partial charge in [0.2, 0.25) is 15.9 Å². The second-order valence-corrected chi connectivity index (χ2v) is 9.59. The molecule has 0 bridgehead atoms. The maximum absolute atomic E-state index is 13.2. The Morgan fingerprint density at radius 3 is 2.22 bits per heavy atom. The summed E-state index contributed by atoms with van der Waals surface area (Å²) in [7, 11) is -3.56. The average molecular weight is 455 g/mol. The minimum absolute atomic E-state index is 0.123. The number of amides is 1. The highest BCUT2D eigenvalue weighted by Crippen LogP contribution is 2.25. The number of anilines is 1. The Morgan fingerprint density at radius 2 is 1.59 bits per heavy atom. The molecule has 168 valence electrons. The van der Waals surface area contributed by atoms with Crippen molar-refractivity contribution in [3.05, 3.63) is 101 Å². The van der Waals surface area contributed by atoms with E-state index >= 15 is 0 Å². The van der Waals surface area contributed by atoms with Gasteiger partial charge in [-0.1, -0.05) is 54.6 Å². The third-order valence-electron chi connectivity index (χ3n) is 5.22. The fourth-order valence-electron chi connectivity index (χ4n) is 3.61. The molecule has 0 radical (unpaired) electrons. The Hall–Kier alpha value is -3.19. The van der Waals surface area contributed by atoms with Crippen LogP contribution in [0.15, 0.2) is 78.9 Å². The normalized spacial score (nSPS) is 12.2. The lowest BCUT2D eigenvalue weighted by atomic mass is 9.95. The molecule has 0 spiro atoms. The number of carbonyl (C=O) groups excluding carboxylic acids is 1. The largest absolute Gasteiger partial charge is 0.345 e. The van der Waals surface area contributed by atoms with Gasteiger partial charge in [0.25, 0.3) is 0 Å². The Bertz CT molecular complexity index is 1150. The highest BCUT2D eigenvalue weighted by Gasteiger charge is 2.20. The van der Waals surface area contributed by atoms with Crippen LogP contribution in [0.4, 0.5) is 10.1 Å². The van der Waals surface area contributed by atoms with E-state index < -0.39 is 15.8 Å². The number of halogens is 1. The maximum atomic E-state index is 13.2. The first-order chi connectivity index (χ1) is 15.3. The van der Waals surface area contributed by atoms with E-state index in [4.69, 9.17) is 0 Å². The maximum Gasteiger partial charge on any atom is 0.232 e. The smallest absolute Gasteiger partial charge is 0.232 e. The van der Waals surface area contributed by atoms with Crippen molar-refractivity contribution >= 4 is 21.6 Å². The van der Waals surface area contributed by atoms with Gasteiger partial charge in [-0.2, -0.15) is 0 Å². The van der Waals surface area contributed by atoms with Gasteiger partial charge in [0.1, 0.15) is 5.82 Å². The molecule has 5 nitrogen and oxygen atoms in total. The van der Waals surface area contributed by atoms with E-state index in [1.807, 2.05) is 61.5 Å². The molecule has 0 aliphatic carbocycles. The number of sulfonamides is 1. The lowest BCUT2D eigenvalue weighted by Crippen LogP contribution is -2.33. The topological polar surface area (TPSA) is 66.5 Å². The Kier molecular flexibility index (Phi) is 7.64. The van der Waals surface area contributed by atoms with Gasteiger partial charge in [-0.15, -0.1) is 0 Å². The quantitative estimate of drug-likeness (QED) is 0.514. The highest BCUT2D eigenvalue weighted by molar-refractivity contribution is 7.92.